The molecule has 5 heteroatoms. The molecule has 7 aromatic carbocycles. The van der Waals surface area contributed by atoms with Gasteiger partial charge in [0.2, 0.25) is 0 Å². The molecule has 10 aromatic rings. The van der Waals surface area contributed by atoms with Gasteiger partial charge in [0.1, 0.15) is 22.3 Å². The highest BCUT2D eigenvalue weighted by Gasteiger charge is 2.17. The Labute approximate surface area is 294 Å². The van der Waals surface area contributed by atoms with Gasteiger partial charge in [-0.2, -0.15) is 0 Å². The van der Waals surface area contributed by atoms with Crippen LogP contribution in [0.15, 0.2) is 173 Å². The second kappa shape index (κ2) is 11.4. The fourth-order valence-electron chi connectivity index (χ4n) is 6.62. The van der Waals surface area contributed by atoms with Gasteiger partial charge in [0.25, 0.3) is 0 Å². The van der Waals surface area contributed by atoms with E-state index >= 15 is 0 Å². The summed E-state index contributed by atoms with van der Waals surface area (Å²) in [6.07, 6.45) is 0. The van der Waals surface area contributed by atoms with E-state index in [4.69, 9.17) is 30.6 Å². The second-order valence-electron chi connectivity index (χ2n) is 12.1. The highest BCUT2D eigenvalue weighted by molar-refractivity contribution is 6.12. The molecule has 50 heavy (non-hydrogen) atoms. The van der Waals surface area contributed by atoms with Crippen molar-refractivity contribution in [1.82, 2.24) is 15.0 Å². The van der Waals surface area contributed by atoms with Gasteiger partial charge in [-0.05, 0) is 59.2 Å². The summed E-state index contributed by atoms with van der Waals surface area (Å²) >= 11 is 0. The van der Waals surface area contributed by atoms with Gasteiger partial charge in [-0.1, -0.05) is 121 Å². The van der Waals surface area contributed by atoms with Crippen molar-refractivity contribution < 1.29 is 15.7 Å². The topological polar surface area (TPSA) is 65.0 Å². The van der Waals surface area contributed by atoms with Gasteiger partial charge in [0, 0.05) is 43.8 Å². The van der Waals surface area contributed by atoms with Crippen LogP contribution in [0.2, 0.25) is 0 Å². The Morgan fingerprint density at radius 2 is 0.960 bits per heavy atom. The van der Waals surface area contributed by atoms with Crippen LogP contribution in [-0.4, -0.2) is 15.0 Å². The SMILES string of the molecule is [2H]c1c([2H])c([2H])c(-c2cccc(-c3nc(-c4ccccc4)nc(-c4ccc5oc6ccc(-c7cccc8c7oc7ccccc78)cc6c5c4)n3)c2)c([2H])c1[2H]. The number of hydrogen-bond donors (Lipinski definition) is 0. The van der Waals surface area contributed by atoms with E-state index in [1.165, 1.54) is 0 Å². The van der Waals surface area contributed by atoms with Gasteiger partial charge in [0.15, 0.2) is 17.5 Å². The molecular formula is C45H27N3O2. The first-order valence-electron chi connectivity index (χ1n) is 18.7. The molecule has 0 aliphatic carbocycles. The molecule has 0 amide bonds. The smallest absolute Gasteiger partial charge is 0.164 e. The average molecular weight is 647 g/mol. The molecule has 0 unspecified atom stereocenters. The van der Waals surface area contributed by atoms with Crippen LogP contribution >= 0.6 is 0 Å². The third-order valence-electron chi connectivity index (χ3n) is 9.02. The van der Waals surface area contributed by atoms with Crippen LogP contribution in [0.25, 0.3) is 100 Å². The Morgan fingerprint density at radius 1 is 0.380 bits per heavy atom. The summed E-state index contributed by atoms with van der Waals surface area (Å²) in [4.78, 5) is 14.8. The number of rotatable bonds is 5. The van der Waals surface area contributed by atoms with Crippen LogP contribution < -0.4 is 0 Å². The maximum absolute atomic E-state index is 8.55. The third-order valence-corrected chi connectivity index (χ3v) is 9.02. The minimum absolute atomic E-state index is 0.110. The molecule has 0 saturated heterocycles. The molecule has 0 N–H and O–H groups in total. The minimum atomic E-state index is -0.438. The molecule has 5 nitrogen and oxygen atoms in total. The van der Waals surface area contributed by atoms with Crippen LogP contribution in [0.1, 0.15) is 6.85 Å². The molecule has 3 aromatic heterocycles. The highest BCUT2D eigenvalue weighted by Crippen LogP contribution is 2.39. The van der Waals surface area contributed by atoms with E-state index in [1.54, 1.807) is 18.2 Å². The Bertz CT molecular complexity index is 3150. The molecular weight excluding hydrogens is 615 g/mol. The van der Waals surface area contributed by atoms with Crippen molar-refractivity contribution in [2.24, 2.45) is 0 Å². The number of fused-ring (bicyclic) bond motifs is 6. The lowest BCUT2D eigenvalue weighted by Crippen LogP contribution is -2.00. The number of aromatic nitrogens is 3. The van der Waals surface area contributed by atoms with Gasteiger partial charge in [0.05, 0.1) is 6.85 Å². The van der Waals surface area contributed by atoms with Gasteiger partial charge in [-0.25, -0.2) is 15.0 Å². The molecule has 10 rings (SSSR count). The molecule has 234 valence electrons. The van der Waals surface area contributed by atoms with Crippen molar-refractivity contribution >= 4 is 43.9 Å². The fraction of sp³-hybridized carbons (Fsp3) is 0. The van der Waals surface area contributed by atoms with Crippen LogP contribution in [0.4, 0.5) is 0 Å². The van der Waals surface area contributed by atoms with Gasteiger partial charge >= 0.3 is 0 Å². The predicted octanol–water partition coefficient (Wildman–Crippen LogP) is 12.0. The first kappa shape index (κ1) is 23.5. The maximum Gasteiger partial charge on any atom is 0.164 e. The van der Waals surface area contributed by atoms with Gasteiger partial charge in [-0.3, -0.25) is 0 Å². The van der Waals surface area contributed by atoms with Gasteiger partial charge < -0.3 is 8.83 Å². The van der Waals surface area contributed by atoms with Crippen molar-refractivity contribution in [2.75, 3.05) is 0 Å². The van der Waals surface area contributed by atoms with E-state index < -0.39 is 18.1 Å². The lowest BCUT2D eigenvalue weighted by atomic mass is 10.00. The lowest BCUT2D eigenvalue weighted by molar-refractivity contribution is 0.668. The molecule has 0 atom stereocenters. The molecule has 0 spiro atoms. The number of furan rings is 2. The van der Waals surface area contributed by atoms with Crippen molar-refractivity contribution in [3.05, 3.63) is 164 Å². The largest absolute Gasteiger partial charge is 0.456 e. The summed E-state index contributed by atoms with van der Waals surface area (Å²) in [5.74, 6) is 1.28. The quantitative estimate of drug-likeness (QED) is 0.186. The van der Waals surface area contributed by atoms with E-state index in [2.05, 4.69) is 36.4 Å². The summed E-state index contributed by atoms with van der Waals surface area (Å²) < 4.78 is 54.2. The Balaban J connectivity index is 1.12. The van der Waals surface area contributed by atoms with E-state index in [0.29, 0.717) is 28.6 Å². The van der Waals surface area contributed by atoms with Crippen LogP contribution in [0.3, 0.4) is 0 Å². The van der Waals surface area contributed by atoms with Gasteiger partial charge in [-0.15, -0.1) is 0 Å². The van der Waals surface area contributed by atoms with Crippen molar-refractivity contribution in [3.63, 3.8) is 0 Å². The zero-order chi connectivity index (χ0) is 37.4. The van der Waals surface area contributed by atoms with E-state index in [9.17, 15) is 0 Å². The monoisotopic (exact) mass is 646 g/mol. The molecule has 0 saturated carbocycles. The summed E-state index contributed by atoms with van der Waals surface area (Å²) in [5, 5.41) is 3.97. The van der Waals surface area contributed by atoms with Crippen molar-refractivity contribution in [1.29, 1.82) is 0 Å². The summed E-state index contributed by atoms with van der Waals surface area (Å²) in [6.45, 7) is 0. The molecule has 0 fully saturated rings. The highest BCUT2D eigenvalue weighted by atomic mass is 16.3. The maximum atomic E-state index is 8.55. The van der Waals surface area contributed by atoms with E-state index in [-0.39, 0.29) is 17.6 Å². The number of para-hydroxylation sites is 2. The van der Waals surface area contributed by atoms with Crippen LogP contribution in [0.5, 0.6) is 0 Å². The minimum Gasteiger partial charge on any atom is -0.456 e. The zero-order valence-electron chi connectivity index (χ0n) is 31.4. The normalized spacial score (nSPS) is 13.0. The third kappa shape index (κ3) is 4.75. The summed E-state index contributed by atoms with van der Waals surface area (Å²) in [6, 6.07) is 41.3. The number of benzene rings is 7. The fourth-order valence-corrected chi connectivity index (χ4v) is 6.62. The first-order chi connectivity index (χ1) is 26.8. The standard InChI is InChI=1S/C45H27N3O2/c1-3-11-28(12-4-1)30-15-9-16-32(25-30)44-46-43(29-13-5-2-6-14-29)47-45(48-44)33-22-24-41-38(27-33)37-26-31(21-23-40(37)49-41)34-18-10-19-36-35-17-7-8-20-39(35)50-42(34)36/h1-27H/i1D,3D,4D,11D,12D. The van der Waals surface area contributed by atoms with Crippen LogP contribution in [0, 0.1) is 0 Å². The van der Waals surface area contributed by atoms with E-state index in [1.807, 2.05) is 78.9 Å². The van der Waals surface area contributed by atoms with Crippen LogP contribution in [-0.2, 0) is 0 Å². The number of nitrogens with zero attached hydrogens (tertiary/aromatic N) is 3. The molecule has 0 aliphatic heterocycles. The average Bonchev–Trinajstić information content (AvgIpc) is 3.80. The summed E-state index contributed by atoms with van der Waals surface area (Å²) in [5.41, 5.74) is 7.85. The first-order valence-corrected chi connectivity index (χ1v) is 16.2. The number of hydrogen-bond acceptors (Lipinski definition) is 5. The molecule has 0 radical (unpaired) electrons. The Kier molecular flexibility index (Phi) is 5.35. The Hall–Kier alpha value is -6.85. The summed E-state index contributed by atoms with van der Waals surface area (Å²) in [7, 11) is 0. The molecule has 3 heterocycles. The zero-order valence-corrected chi connectivity index (χ0v) is 26.4. The Morgan fingerprint density at radius 3 is 1.76 bits per heavy atom. The lowest BCUT2D eigenvalue weighted by Gasteiger charge is -2.10. The second-order valence-corrected chi connectivity index (χ2v) is 12.1. The van der Waals surface area contributed by atoms with E-state index in [0.717, 1.165) is 66.1 Å². The predicted molar refractivity (Wildman–Crippen MR) is 202 cm³/mol. The molecule has 0 bridgehead atoms. The van der Waals surface area contributed by atoms with Crippen molar-refractivity contribution in [2.45, 2.75) is 0 Å². The molecule has 0 aliphatic rings. The van der Waals surface area contributed by atoms with Crippen molar-refractivity contribution in [3.8, 4) is 56.4 Å².